The third-order valence-electron chi connectivity index (χ3n) is 4.81. The molecule has 1 aromatic carbocycles. The lowest BCUT2D eigenvalue weighted by Gasteiger charge is -2.34. The van der Waals surface area contributed by atoms with Crippen LogP contribution >= 0.6 is 0 Å². The predicted octanol–water partition coefficient (Wildman–Crippen LogP) is 2.00. The summed E-state index contributed by atoms with van der Waals surface area (Å²) in [7, 11) is 0. The van der Waals surface area contributed by atoms with E-state index in [-0.39, 0.29) is 12.6 Å². The number of hydrogen-bond acceptors (Lipinski definition) is 7. The standard InChI is InChI=1S/C20H23N5O2/c26-14-19-23-17-6-2-1-5-16(17)20(24-19)22-13-18(15-4-3-7-21-12-15)25-8-10-27-11-9-25/h1-7,12,18,26H,8-11,13-14H2,(H,22,23,24)/t18-/m0/s1. The van der Waals surface area contributed by atoms with Crippen molar-refractivity contribution < 1.29 is 9.84 Å². The van der Waals surface area contributed by atoms with Gasteiger partial charge in [-0.3, -0.25) is 9.88 Å². The van der Waals surface area contributed by atoms with Gasteiger partial charge in [0.2, 0.25) is 0 Å². The molecule has 3 aromatic rings. The number of morpholine rings is 1. The molecule has 2 N–H and O–H groups in total. The first-order valence-corrected chi connectivity index (χ1v) is 9.17. The van der Waals surface area contributed by atoms with Gasteiger partial charge in [0.1, 0.15) is 12.4 Å². The summed E-state index contributed by atoms with van der Waals surface area (Å²) in [6.07, 6.45) is 3.71. The molecule has 1 fully saturated rings. The molecule has 140 valence electrons. The van der Waals surface area contributed by atoms with Gasteiger partial charge in [-0.15, -0.1) is 0 Å². The molecule has 7 heteroatoms. The maximum atomic E-state index is 9.50. The van der Waals surface area contributed by atoms with E-state index in [1.165, 1.54) is 0 Å². The van der Waals surface area contributed by atoms with E-state index in [0.29, 0.717) is 12.4 Å². The van der Waals surface area contributed by atoms with E-state index in [2.05, 4.69) is 31.2 Å². The van der Waals surface area contributed by atoms with Crippen molar-refractivity contribution in [2.24, 2.45) is 0 Å². The Kier molecular flexibility index (Phi) is 5.53. The molecule has 27 heavy (non-hydrogen) atoms. The van der Waals surface area contributed by atoms with Gasteiger partial charge >= 0.3 is 0 Å². The number of pyridine rings is 1. The SMILES string of the molecule is OCc1nc(NC[C@@H](c2cccnc2)N2CCOCC2)c2ccccc2n1. The molecule has 0 unspecified atom stereocenters. The monoisotopic (exact) mass is 365 g/mol. The first kappa shape index (κ1) is 17.8. The highest BCUT2D eigenvalue weighted by Gasteiger charge is 2.23. The van der Waals surface area contributed by atoms with Crippen molar-refractivity contribution in [3.63, 3.8) is 0 Å². The molecule has 0 aliphatic carbocycles. The highest BCUT2D eigenvalue weighted by atomic mass is 16.5. The van der Waals surface area contributed by atoms with Gasteiger partial charge in [-0.05, 0) is 23.8 Å². The third-order valence-corrected chi connectivity index (χ3v) is 4.81. The lowest BCUT2D eigenvalue weighted by molar-refractivity contribution is 0.0186. The molecule has 1 atom stereocenters. The number of rotatable bonds is 6. The van der Waals surface area contributed by atoms with E-state index in [9.17, 15) is 5.11 Å². The molecule has 7 nitrogen and oxygen atoms in total. The molecule has 0 saturated carbocycles. The Hall–Kier alpha value is -2.61. The number of aliphatic hydroxyl groups is 1. The summed E-state index contributed by atoms with van der Waals surface area (Å²) in [6.45, 7) is 3.73. The fourth-order valence-electron chi connectivity index (χ4n) is 3.44. The highest BCUT2D eigenvalue weighted by molar-refractivity contribution is 5.88. The Labute approximate surface area is 158 Å². The van der Waals surface area contributed by atoms with Crippen LogP contribution in [-0.2, 0) is 11.3 Å². The van der Waals surface area contributed by atoms with Crippen LogP contribution in [0.3, 0.4) is 0 Å². The van der Waals surface area contributed by atoms with Crippen LogP contribution in [-0.4, -0.2) is 57.8 Å². The number of fused-ring (bicyclic) bond motifs is 1. The molecule has 4 rings (SSSR count). The lowest BCUT2D eigenvalue weighted by atomic mass is 10.1. The average molecular weight is 365 g/mol. The first-order valence-electron chi connectivity index (χ1n) is 9.17. The first-order chi connectivity index (χ1) is 13.3. The Morgan fingerprint density at radius 1 is 1.11 bits per heavy atom. The third kappa shape index (κ3) is 4.05. The molecule has 0 spiro atoms. The summed E-state index contributed by atoms with van der Waals surface area (Å²) in [5.41, 5.74) is 1.98. The summed E-state index contributed by atoms with van der Waals surface area (Å²) in [4.78, 5) is 15.6. The van der Waals surface area contributed by atoms with E-state index in [1.54, 1.807) is 6.20 Å². The second-order valence-corrected chi connectivity index (χ2v) is 6.50. The summed E-state index contributed by atoms with van der Waals surface area (Å²) in [6, 6.07) is 12.1. The van der Waals surface area contributed by atoms with Gasteiger partial charge in [0.15, 0.2) is 5.82 Å². The highest BCUT2D eigenvalue weighted by Crippen LogP contribution is 2.24. The topological polar surface area (TPSA) is 83.4 Å². The number of aliphatic hydroxyl groups excluding tert-OH is 1. The molecule has 3 heterocycles. The van der Waals surface area contributed by atoms with Crippen molar-refractivity contribution in [1.82, 2.24) is 19.9 Å². The number of anilines is 1. The van der Waals surface area contributed by atoms with Crippen LogP contribution in [0.25, 0.3) is 10.9 Å². The molecule has 1 aliphatic heterocycles. The zero-order chi connectivity index (χ0) is 18.5. The van der Waals surface area contributed by atoms with Gasteiger partial charge in [-0.25, -0.2) is 9.97 Å². The number of nitrogens with zero attached hydrogens (tertiary/aromatic N) is 4. The number of ether oxygens (including phenoxy) is 1. The van der Waals surface area contributed by atoms with E-state index in [4.69, 9.17) is 4.74 Å². The number of benzene rings is 1. The van der Waals surface area contributed by atoms with E-state index in [1.807, 2.05) is 36.5 Å². The number of nitrogens with one attached hydrogen (secondary N) is 1. The van der Waals surface area contributed by atoms with Crippen LogP contribution in [0.1, 0.15) is 17.4 Å². The fourth-order valence-corrected chi connectivity index (χ4v) is 3.44. The van der Waals surface area contributed by atoms with Crippen LogP contribution in [0.5, 0.6) is 0 Å². The molecule has 0 bridgehead atoms. The largest absolute Gasteiger partial charge is 0.388 e. The van der Waals surface area contributed by atoms with Crippen LogP contribution in [0.2, 0.25) is 0 Å². The minimum Gasteiger partial charge on any atom is -0.388 e. The quantitative estimate of drug-likeness (QED) is 0.691. The normalized spacial score (nSPS) is 16.3. The Bertz CT molecular complexity index is 884. The summed E-state index contributed by atoms with van der Waals surface area (Å²) >= 11 is 0. The second kappa shape index (κ2) is 8.39. The van der Waals surface area contributed by atoms with Crippen molar-refractivity contribution in [2.75, 3.05) is 38.2 Å². The summed E-state index contributed by atoms with van der Waals surface area (Å²) in [5, 5.41) is 13.9. The van der Waals surface area contributed by atoms with Crippen LogP contribution in [0, 0.1) is 0 Å². The number of hydrogen-bond donors (Lipinski definition) is 2. The van der Waals surface area contributed by atoms with Gasteiger partial charge in [0.25, 0.3) is 0 Å². The molecule has 2 aromatic heterocycles. The fraction of sp³-hybridized carbons (Fsp3) is 0.350. The Morgan fingerprint density at radius 2 is 1.96 bits per heavy atom. The molecular formula is C20H23N5O2. The second-order valence-electron chi connectivity index (χ2n) is 6.50. The van der Waals surface area contributed by atoms with Gasteiger partial charge in [0, 0.05) is 37.4 Å². The predicted molar refractivity (Wildman–Crippen MR) is 103 cm³/mol. The van der Waals surface area contributed by atoms with Crippen molar-refractivity contribution in [2.45, 2.75) is 12.6 Å². The van der Waals surface area contributed by atoms with Crippen molar-refractivity contribution >= 4 is 16.7 Å². The van der Waals surface area contributed by atoms with Gasteiger partial charge < -0.3 is 15.2 Å². The smallest absolute Gasteiger partial charge is 0.156 e. The van der Waals surface area contributed by atoms with Crippen molar-refractivity contribution in [1.29, 1.82) is 0 Å². The Morgan fingerprint density at radius 3 is 2.74 bits per heavy atom. The van der Waals surface area contributed by atoms with Gasteiger partial charge in [0.05, 0.1) is 24.8 Å². The number of aromatic nitrogens is 3. The molecular weight excluding hydrogens is 342 g/mol. The summed E-state index contributed by atoms with van der Waals surface area (Å²) in [5.74, 6) is 1.16. The zero-order valence-corrected chi connectivity index (χ0v) is 15.1. The Balaban J connectivity index is 1.62. The maximum Gasteiger partial charge on any atom is 0.156 e. The molecule has 1 aliphatic rings. The van der Waals surface area contributed by atoms with E-state index < -0.39 is 0 Å². The van der Waals surface area contributed by atoms with Crippen LogP contribution < -0.4 is 5.32 Å². The van der Waals surface area contributed by atoms with Gasteiger partial charge in [-0.1, -0.05) is 18.2 Å². The number of para-hydroxylation sites is 1. The van der Waals surface area contributed by atoms with Crippen molar-refractivity contribution in [3.8, 4) is 0 Å². The molecule has 0 radical (unpaired) electrons. The lowest BCUT2D eigenvalue weighted by Crippen LogP contribution is -2.41. The van der Waals surface area contributed by atoms with Crippen LogP contribution in [0.15, 0.2) is 48.8 Å². The van der Waals surface area contributed by atoms with Gasteiger partial charge in [-0.2, -0.15) is 0 Å². The minimum atomic E-state index is -0.186. The van der Waals surface area contributed by atoms with E-state index >= 15 is 0 Å². The maximum absolute atomic E-state index is 9.50. The van der Waals surface area contributed by atoms with Crippen molar-refractivity contribution in [3.05, 3.63) is 60.2 Å². The molecule has 1 saturated heterocycles. The van der Waals surface area contributed by atoms with E-state index in [0.717, 1.165) is 48.6 Å². The average Bonchev–Trinajstić information content (AvgIpc) is 2.75. The summed E-state index contributed by atoms with van der Waals surface area (Å²) < 4.78 is 5.51. The molecule has 0 amide bonds. The van der Waals surface area contributed by atoms with Crippen LogP contribution in [0.4, 0.5) is 5.82 Å². The zero-order valence-electron chi connectivity index (χ0n) is 15.1. The minimum absolute atomic E-state index is 0.161.